The molecule has 2 atom stereocenters. The monoisotopic (exact) mass is 319 g/mol. The molecule has 1 aromatic heterocycles. The Labute approximate surface area is 139 Å². The van der Waals surface area contributed by atoms with Gasteiger partial charge in [-0.3, -0.25) is 9.69 Å². The van der Waals surface area contributed by atoms with Crippen molar-refractivity contribution in [2.45, 2.75) is 70.4 Å². The predicted octanol–water partition coefficient (Wildman–Crippen LogP) is 3.28. The third-order valence-corrected chi connectivity index (χ3v) is 5.86. The molecule has 2 fully saturated rings. The molecular formula is C18H29N3O2. The van der Waals surface area contributed by atoms with Gasteiger partial charge in [0.2, 0.25) is 5.76 Å². The summed E-state index contributed by atoms with van der Waals surface area (Å²) in [5, 5.41) is 4.05. The van der Waals surface area contributed by atoms with Crippen LogP contribution < -0.4 is 0 Å². The van der Waals surface area contributed by atoms with Crippen LogP contribution in [0.1, 0.15) is 75.0 Å². The largest absolute Gasteiger partial charge is 0.351 e. The van der Waals surface area contributed by atoms with Crippen LogP contribution >= 0.6 is 0 Å². The van der Waals surface area contributed by atoms with Crippen molar-refractivity contribution in [2.24, 2.45) is 0 Å². The fourth-order valence-corrected chi connectivity index (χ4v) is 4.17. The molecule has 0 bridgehead atoms. The van der Waals surface area contributed by atoms with Crippen molar-refractivity contribution in [3.63, 3.8) is 0 Å². The van der Waals surface area contributed by atoms with Crippen molar-refractivity contribution in [3.8, 4) is 0 Å². The standard InChI is InChI=1S/C18H29N3O2/c1-13(2)14-12-15(23-19-14)17(22)21-11-7-9-18(3)16(21)8-5-6-10-20(18)4/h12-13,16H,5-11H2,1-4H3/t16-,18-/m0/s1. The van der Waals surface area contributed by atoms with E-state index in [1.54, 1.807) is 0 Å². The van der Waals surface area contributed by atoms with Gasteiger partial charge in [0, 0.05) is 18.2 Å². The fourth-order valence-electron chi connectivity index (χ4n) is 4.17. The van der Waals surface area contributed by atoms with Gasteiger partial charge in [0.25, 0.3) is 5.91 Å². The molecular weight excluding hydrogens is 290 g/mol. The molecule has 2 aliphatic rings. The number of likely N-dealkylation sites (N-methyl/N-ethyl adjacent to an activating group) is 1. The highest BCUT2D eigenvalue weighted by Crippen LogP contribution is 2.38. The quantitative estimate of drug-likeness (QED) is 0.839. The smallest absolute Gasteiger partial charge is 0.292 e. The molecule has 2 aliphatic heterocycles. The van der Waals surface area contributed by atoms with Crippen molar-refractivity contribution in [1.82, 2.24) is 15.0 Å². The second kappa shape index (κ2) is 6.27. The number of hydrogen-bond donors (Lipinski definition) is 0. The Morgan fingerprint density at radius 1 is 1.35 bits per heavy atom. The number of likely N-dealkylation sites (tertiary alicyclic amines) is 2. The van der Waals surface area contributed by atoms with E-state index in [1.165, 1.54) is 12.8 Å². The van der Waals surface area contributed by atoms with Crippen LogP contribution in [0.15, 0.2) is 10.6 Å². The van der Waals surface area contributed by atoms with Crippen LogP contribution in [-0.4, -0.2) is 52.6 Å². The van der Waals surface area contributed by atoms with Gasteiger partial charge in [-0.15, -0.1) is 0 Å². The predicted molar refractivity (Wildman–Crippen MR) is 89.5 cm³/mol. The van der Waals surface area contributed by atoms with E-state index in [4.69, 9.17) is 4.52 Å². The summed E-state index contributed by atoms with van der Waals surface area (Å²) in [6.07, 6.45) is 5.68. The average molecular weight is 319 g/mol. The van der Waals surface area contributed by atoms with Crippen LogP contribution in [0.25, 0.3) is 0 Å². The van der Waals surface area contributed by atoms with Gasteiger partial charge in [0.15, 0.2) is 0 Å². The van der Waals surface area contributed by atoms with Crippen LogP contribution in [0.3, 0.4) is 0 Å². The van der Waals surface area contributed by atoms with Crippen LogP contribution in [0.5, 0.6) is 0 Å². The van der Waals surface area contributed by atoms with E-state index < -0.39 is 0 Å². The third kappa shape index (κ3) is 2.91. The third-order valence-electron chi connectivity index (χ3n) is 5.86. The minimum atomic E-state index is 0.00984. The molecule has 0 unspecified atom stereocenters. The molecule has 0 radical (unpaired) electrons. The maximum absolute atomic E-state index is 13.0. The molecule has 23 heavy (non-hydrogen) atoms. The summed E-state index contributed by atoms with van der Waals surface area (Å²) in [6.45, 7) is 8.39. The normalized spacial score (nSPS) is 29.4. The topological polar surface area (TPSA) is 49.6 Å². The van der Waals surface area contributed by atoms with Crippen molar-refractivity contribution in [3.05, 3.63) is 17.5 Å². The lowest BCUT2D eigenvalue weighted by atomic mass is 9.80. The highest BCUT2D eigenvalue weighted by Gasteiger charge is 2.46. The minimum Gasteiger partial charge on any atom is -0.351 e. The number of hydrogen-bond acceptors (Lipinski definition) is 4. The Hall–Kier alpha value is -1.36. The maximum Gasteiger partial charge on any atom is 0.292 e. The van der Waals surface area contributed by atoms with Gasteiger partial charge in [-0.25, -0.2) is 0 Å². The molecule has 0 saturated carbocycles. The number of piperidine rings is 1. The van der Waals surface area contributed by atoms with Crippen molar-refractivity contribution in [1.29, 1.82) is 0 Å². The molecule has 1 aromatic rings. The van der Waals surface area contributed by atoms with Gasteiger partial charge in [0.1, 0.15) is 0 Å². The molecule has 2 saturated heterocycles. The lowest BCUT2D eigenvalue weighted by Crippen LogP contribution is -2.63. The summed E-state index contributed by atoms with van der Waals surface area (Å²) >= 11 is 0. The summed E-state index contributed by atoms with van der Waals surface area (Å²) in [4.78, 5) is 17.5. The lowest BCUT2D eigenvalue weighted by Gasteiger charge is -2.51. The zero-order chi connectivity index (χ0) is 16.6. The highest BCUT2D eigenvalue weighted by atomic mass is 16.5. The molecule has 0 N–H and O–H groups in total. The Kier molecular flexibility index (Phi) is 4.50. The first-order valence-electron chi connectivity index (χ1n) is 8.92. The van der Waals surface area contributed by atoms with Crippen molar-refractivity contribution in [2.75, 3.05) is 20.1 Å². The SMILES string of the molecule is CC(C)c1cc(C(=O)N2CCC[C@@]3(C)[C@@H]2CCCCN3C)on1. The minimum absolute atomic E-state index is 0.00984. The molecule has 5 heteroatoms. The van der Waals surface area contributed by atoms with Crippen LogP contribution in [0, 0.1) is 0 Å². The molecule has 128 valence electrons. The molecule has 3 rings (SSSR count). The summed E-state index contributed by atoms with van der Waals surface area (Å²) < 4.78 is 5.36. The number of aromatic nitrogens is 1. The van der Waals surface area contributed by atoms with E-state index in [1.807, 2.05) is 6.07 Å². The number of amides is 1. The Morgan fingerprint density at radius 3 is 2.83 bits per heavy atom. The lowest BCUT2D eigenvalue weighted by molar-refractivity contribution is -0.00527. The number of carbonyl (C=O) groups is 1. The van der Waals surface area contributed by atoms with Crippen molar-refractivity contribution >= 4 is 5.91 Å². The number of carbonyl (C=O) groups excluding carboxylic acids is 1. The van der Waals surface area contributed by atoms with Gasteiger partial charge in [0.05, 0.1) is 11.7 Å². The van der Waals surface area contributed by atoms with E-state index >= 15 is 0 Å². The van der Waals surface area contributed by atoms with E-state index in [0.29, 0.717) is 5.76 Å². The van der Waals surface area contributed by atoms with Gasteiger partial charge >= 0.3 is 0 Å². The molecule has 3 heterocycles. The average Bonchev–Trinajstić information content (AvgIpc) is 2.96. The molecule has 0 aromatic carbocycles. The Morgan fingerprint density at radius 2 is 2.13 bits per heavy atom. The summed E-state index contributed by atoms with van der Waals surface area (Å²) in [7, 11) is 2.21. The van der Waals surface area contributed by atoms with E-state index in [-0.39, 0.29) is 23.4 Å². The first-order chi connectivity index (χ1) is 10.9. The maximum atomic E-state index is 13.0. The molecule has 0 spiro atoms. The molecule has 1 amide bonds. The Balaban J connectivity index is 1.86. The van der Waals surface area contributed by atoms with Gasteiger partial charge in [-0.1, -0.05) is 25.4 Å². The summed E-state index contributed by atoms with van der Waals surface area (Å²) in [5.74, 6) is 0.677. The summed E-state index contributed by atoms with van der Waals surface area (Å²) in [5.41, 5.74) is 0.928. The molecule has 0 aliphatic carbocycles. The van der Waals surface area contributed by atoms with Gasteiger partial charge < -0.3 is 9.42 Å². The van der Waals surface area contributed by atoms with Crippen molar-refractivity contribution < 1.29 is 9.32 Å². The first kappa shape index (κ1) is 16.5. The Bertz CT molecular complexity index is 568. The second-order valence-electron chi connectivity index (χ2n) is 7.66. The van der Waals surface area contributed by atoms with E-state index in [0.717, 1.165) is 38.0 Å². The van der Waals surface area contributed by atoms with E-state index in [2.05, 4.69) is 42.8 Å². The van der Waals surface area contributed by atoms with Crippen LogP contribution in [0.2, 0.25) is 0 Å². The zero-order valence-electron chi connectivity index (χ0n) is 14.8. The van der Waals surface area contributed by atoms with Gasteiger partial charge in [-0.05, 0) is 52.1 Å². The number of fused-ring (bicyclic) bond motifs is 1. The van der Waals surface area contributed by atoms with Crippen LogP contribution in [0.4, 0.5) is 0 Å². The second-order valence-corrected chi connectivity index (χ2v) is 7.66. The zero-order valence-corrected chi connectivity index (χ0v) is 14.8. The molecule has 5 nitrogen and oxygen atoms in total. The highest BCUT2D eigenvalue weighted by molar-refractivity contribution is 5.92. The van der Waals surface area contributed by atoms with Gasteiger partial charge in [-0.2, -0.15) is 0 Å². The number of nitrogens with zero attached hydrogens (tertiary/aromatic N) is 3. The number of rotatable bonds is 2. The first-order valence-corrected chi connectivity index (χ1v) is 8.92. The van der Waals surface area contributed by atoms with E-state index in [9.17, 15) is 4.79 Å². The summed E-state index contributed by atoms with van der Waals surface area (Å²) in [6, 6.07) is 2.09. The van der Waals surface area contributed by atoms with Crippen LogP contribution in [-0.2, 0) is 0 Å². The fraction of sp³-hybridized carbons (Fsp3) is 0.778.